The molecule has 0 bridgehead atoms. The highest BCUT2D eigenvalue weighted by Gasteiger charge is 2.05. The Kier molecular flexibility index (Phi) is 4.42. The van der Waals surface area contributed by atoms with Gasteiger partial charge in [0.2, 0.25) is 0 Å². The summed E-state index contributed by atoms with van der Waals surface area (Å²) in [6, 6.07) is 6.98. The van der Waals surface area contributed by atoms with Gasteiger partial charge in [-0.2, -0.15) is 13.9 Å². The first-order chi connectivity index (χ1) is 9.04. The normalized spacial score (nSPS) is 11.0. The summed E-state index contributed by atoms with van der Waals surface area (Å²) < 4.78 is 26.1. The predicted octanol–water partition coefficient (Wildman–Crippen LogP) is 3.66. The summed E-state index contributed by atoms with van der Waals surface area (Å²) in [5.41, 5.74) is 3.01. The maximum absolute atomic E-state index is 12.2. The highest BCUT2D eigenvalue weighted by atomic mass is 32.2. The Balaban J connectivity index is 1.94. The molecule has 102 valence electrons. The molecule has 1 N–H and O–H groups in total. The lowest BCUT2D eigenvalue weighted by Gasteiger charge is -2.06. The number of aromatic nitrogens is 2. The van der Waals surface area contributed by atoms with Crippen molar-refractivity contribution in [3.63, 3.8) is 0 Å². The van der Waals surface area contributed by atoms with Gasteiger partial charge in [0.25, 0.3) is 5.76 Å². The van der Waals surface area contributed by atoms with Crippen LogP contribution in [0, 0.1) is 6.92 Å². The van der Waals surface area contributed by atoms with Gasteiger partial charge in [-0.25, -0.2) is 0 Å². The number of hydrogen-bond acceptors (Lipinski definition) is 3. The van der Waals surface area contributed by atoms with E-state index in [0.29, 0.717) is 23.2 Å². The van der Waals surface area contributed by atoms with Crippen LogP contribution in [-0.4, -0.2) is 15.5 Å². The van der Waals surface area contributed by atoms with Crippen molar-refractivity contribution in [1.29, 1.82) is 0 Å². The Labute approximate surface area is 115 Å². The third kappa shape index (κ3) is 3.96. The van der Waals surface area contributed by atoms with Crippen LogP contribution in [0.15, 0.2) is 35.4 Å². The van der Waals surface area contributed by atoms with E-state index in [0.717, 1.165) is 16.9 Å². The number of rotatable bonds is 5. The van der Waals surface area contributed by atoms with E-state index in [1.807, 2.05) is 20.2 Å². The van der Waals surface area contributed by atoms with Crippen molar-refractivity contribution in [2.75, 3.05) is 5.32 Å². The van der Waals surface area contributed by atoms with Crippen LogP contribution in [0.25, 0.3) is 0 Å². The molecule has 2 rings (SSSR count). The monoisotopic (exact) mass is 283 g/mol. The first-order valence-corrected chi connectivity index (χ1v) is 6.70. The number of alkyl halides is 2. The molecule has 1 aromatic carbocycles. The van der Waals surface area contributed by atoms with Gasteiger partial charge in [0, 0.05) is 35.9 Å². The lowest BCUT2D eigenvalue weighted by atomic mass is 10.2. The molecule has 0 atom stereocenters. The first kappa shape index (κ1) is 13.9. The SMILES string of the molecule is Cc1nn(C)cc1CNc1ccc(SC(F)F)cc1. The van der Waals surface area contributed by atoms with E-state index in [-0.39, 0.29) is 0 Å². The third-order valence-corrected chi connectivity index (χ3v) is 3.40. The van der Waals surface area contributed by atoms with E-state index >= 15 is 0 Å². The molecule has 0 fully saturated rings. The minimum atomic E-state index is -2.38. The summed E-state index contributed by atoms with van der Waals surface area (Å²) in [7, 11) is 1.88. The maximum atomic E-state index is 12.2. The topological polar surface area (TPSA) is 29.9 Å². The summed E-state index contributed by atoms with van der Waals surface area (Å²) in [5.74, 6) is -2.38. The average molecular weight is 283 g/mol. The zero-order chi connectivity index (χ0) is 13.8. The summed E-state index contributed by atoms with van der Waals surface area (Å²) in [6.45, 7) is 2.63. The van der Waals surface area contributed by atoms with Gasteiger partial charge >= 0.3 is 0 Å². The standard InChI is InChI=1S/C13H15F2N3S/c1-9-10(8-18(2)17-9)7-16-11-3-5-12(6-4-11)19-13(14)15/h3-6,8,13,16H,7H2,1-2H3. The van der Waals surface area contributed by atoms with E-state index in [1.54, 1.807) is 28.9 Å². The number of thioether (sulfide) groups is 1. The highest BCUT2D eigenvalue weighted by molar-refractivity contribution is 7.99. The second-order valence-corrected chi connectivity index (χ2v) is 5.23. The van der Waals surface area contributed by atoms with Crippen LogP contribution in [0.1, 0.15) is 11.3 Å². The summed E-state index contributed by atoms with van der Waals surface area (Å²) in [5, 5.41) is 7.51. The Morgan fingerprint density at radius 1 is 1.32 bits per heavy atom. The fourth-order valence-corrected chi connectivity index (χ4v) is 2.27. The maximum Gasteiger partial charge on any atom is 0.288 e. The van der Waals surface area contributed by atoms with E-state index in [9.17, 15) is 8.78 Å². The second kappa shape index (κ2) is 6.06. The van der Waals surface area contributed by atoms with Gasteiger partial charge in [-0.05, 0) is 31.2 Å². The molecule has 0 aliphatic rings. The molecule has 0 amide bonds. The van der Waals surface area contributed by atoms with Crippen molar-refractivity contribution >= 4 is 17.4 Å². The van der Waals surface area contributed by atoms with E-state index in [4.69, 9.17) is 0 Å². The first-order valence-electron chi connectivity index (χ1n) is 5.82. The molecule has 1 aromatic heterocycles. The van der Waals surface area contributed by atoms with Crippen LogP contribution in [0.5, 0.6) is 0 Å². The van der Waals surface area contributed by atoms with E-state index in [2.05, 4.69) is 10.4 Å². The van der Waals surface area contributed by atoms with Gasteiger partial charge in [-0.1, -0.05) is 11.8 Å². The molecule has 2 aromatic rings. The summed E-state index contributed by atoms with van der Waals surface area (Å²) in [4.78, 5) is 0.568. The quantitative estimate of drug-likeness (QED) is 0.849. The molecule has 1 heterocycles. The number of halogens is 2. The number of anilines is 1. The number of aryl methyl sites for hydroxylation is 2. The van der Waals surface area contributed by atoms with Gasteiger partial charge in [0.1, 0.15) is 0 Å². The van der Waals surface area contributed by atoms with Crippen LogP contribution in [0.3, 0.4) is 0 Å². The number of hydrogen-bond donors (Lipinski definition) is 1. The zero-order valence-corrected chi connectivity index (χ0v) is 11.5. The predicted molar refractivity (Wildman–Crippen MR) is 73.6 cm³/mol. The average Bonchev–Trinajstić information content (AvgIpc) is 2.66. The van der Waals surface area contributed by atoms with Crippen LogP contribution in [0.4, 0.5) is 14.5 Å². The number of benzene rings is 1. The van der Waals surface area contributed by atoms with Gasteiger partial charge < -0.3 is 5.32 Å². The van der Waals surface area contributed by atoms with Crippen LogP contribution < -0.4 is 5.32 Å². The Bertz CT molecular complexity index is 537. The van der Waals surface area contributed by atoms with Gasteiger partial charge in [-0.15, -0.1) is 0 Å². The fourth-order valence-electron chi connectivity index (χ4n) is 1.77. The molecule has 6 heteroatoms. The molecule has 0 spiro atoms. The lowest BCUT2D eigenvalue weighted by molar-refractivity contribution is 0.252. The Morgan fingerprint density at radius 3 is 2.53 bits per heavy atom. The Hall–Kier alpha value is -1.56. The van der Waals surface area contributed by atoms with Crippen molar-refractivity contribution < 1.29 is 8.78 Å². The molecule has 0 radical (unpaired) electrons. The van der Waals surface area contributed by atoms with Crippen molar-refractivity contribution in [3.05, 3.63) is 41.7 Å². The molecule has 19 heavy (non-hydrogen) atoms. The Morgan fingerprint density at radius 2 is 2.00 bits per heavy atom. The number of nitrogens with zero attached hydrogens (tertiary/aromatic N) is 2. The molecule has 0 aliphatic heterocycles. The summed E-state index contributed by atoms with van der Waals surface area (Å²) >= 11 is 0.553. The van der Waals surface area contributed by atoms with Crippen LogP contribution in [0.2, 0.25) is 0 Å². The number of nitrogens with one attached hydrogen (secondary N) is 1. The lowest BCUT2D eigenvalue weighted by Crippen LogP contribution is -1.99. The molecule has 0 aliphatic carbocycles. The smallest absolute Gasteiger partial charge is 0.288 e. The van der Waals surface area contributed by atoms with Gasteiger partial charge in [-0.3, -0.25) is 4.68 Å². The van der Waals surface area contributed by atoms with Gasteiger partial charge in [0.15, 0.2) is 0 Å². The molecule has 0 unspecified atom stereocenters. The zero-order valence-electron chi connectivity index (χ0n) is 10.7. The molecule has 0 saturated carbocycles. The molecular formula is C13H15F2N3S. The molecular weight excluding hydrogens is 268 g/mol. The van der Waals surface area contributed by atoms with Crippen molar-refractivity contribution in [2.45, 2.75) is 24.1 Å². The van der Waals surface area contributed by atoms with Gasteiger partial charge in [0.05, 0.1) is 5.69 Å². The minimum absolute atomic E-state index is 0.553. The van der Waals surface area contributed by atoms with E-state index < -0.39 is 5.76 Å². The van der Waals surface area contributed by atoms with Crippen LogP contribution in [-0.2, 0) is 13.6 Å². The summed E-state index contributed by atoms with van der Waals surface area (Å²) in [6.07, 6.45) is 1.96. The van der Waals surface area contributed by atoms with Crippen molar-refractivity contribution in [3.8, 4) is 0 Å². The van der Waals surface area contributed by atoms with E-state index in [1.165, 1.54) is 0 Å². The third-order valence-electron chi connectivity index (χ3n) is 2.68. The van der Waals surface area contributed by atoms with Crippen molar-refractivity contribution in [1.82, 2.24) is 9.78 Å². The largest absolute Gasteiger partial charge is 0.381 e. The molecule has 0 saturated heterocycles. The van der Waals surface area contributed by atoms with Crippen LogP contribution >= 0.6 is 11.8 Å². The molecule has 3 nitrogen and oxygen atoms in total. The fraction of sp³-hybridized carbons (Fsp3) is 0.308. The second-order valence-electron chi connectivity index (χ2n) is 4.17. The van der Waals surface area contributed by atoms with Crippen molar-refractivity contribution in [2.24, 2.45) is 7.05 Å². The highest BCUT2D eigenvalue weighted by Crippen LogP contribution is 2.26. The minimum Gasteiger partial charge on any atom is -0.381 e.